The van der Waals surface area contributed by atoms with E-state index in [1.54, 1.807) is 45.5 Å². The largest absolute Gasteiger partial charge is 0.285 e. The van der Waals surface area contributed by atoms with Gasteiger partial charge in [0.05, 0.1) is 11.4 Å². The van der Waals surface area contributed by atoms with Gasteiger partial charge in [-0.15, -0.1) is 0 Å². The van der Waals surface area contributed by atoms with Gasteiger partial charge in [0.2, 0.25) is 24.7 Å². The summed E-state index contributed by atoms with van der Waals surface area (Å²) in [6.07, 6.45) is 7.35. The van der Waals surface area contributed by atoms with Crippen molar-refractivity contribution in [3.05, 3.63) is 109 Å². The fraction of sp³-hybridized carbons (Fsp3) is 0.0833. The van der Waals surface area contributed by atoms with Gasteiger partial charge in [0.25, 0.3) is 0 Å². The van der Waals surface area contributed by atoms with Gasteiger partial charge in [-0.1, -0.05) is 24.3 Å². The summed E-state index contributed by atoms with van der Waals surface area (Å²) in [5, 5.41) is 0. The molecule has 0 spiro atoms. The van der Waals surface area contributed by atoms with Crippen LogP contribution in [0.2, 0.25) is 0 Å². The summed E-state index contributed by atoms with van der Waals surface area (Å²) in [6.45, 7) is 0.412. The summed E-state index contributed by atoms with van der Waals surface area (Å²) < 4.78 is 3.60. The Labute approximate surface area is 174 Å². The number of Topliss-reactive ketones (excluding diaryl/α,β-unsaturated/α-hetero) is 2. The van der Waals surface area contributed by atoms with Gasteiger partial charge in [0, 0.05) is 24.3 Å². The molecule has 6 heteroatoms. The van der Waals surface area contributed by atoms with Gasteiger partial charge >= 0.3 is 0 Å². The highest BCUT2D eigenvalue weighted by Crippen LogP contribution is 2.16. The Balaban J connectivity index is 1.54. The van der Waals surface area contributed by atoms with Crippen LogP contribution in [0.4, 0.5) is 0 Å². The molecular weight excluding hydrogens is 376 g/mol. The molecule has 0 atom stereocenters. The first-order valence-corrected chi connectivity index (χ1v) is 9.58. The van der Waals surface area contributed by atoms with E-state index in [2.05, 4.69) is 9.97 Å². The molecule has 4 rings (SSSR count). The van der Waals surface area contributed by atoms with Crippen molar-refractivity contribution >= 4 is 11.6 Å². The summed E-state index contributed by atoms with van der Waals surface area (Å²) in [4.78, 5) is 34.2. The van der Waals surface area contributed by atoms with Crippen LogP contribution in [-0.4, -0.2) is 21.5 Å². The molecule has 0 bridgehead atoms. The van der Waals surface area contributed by atoms with Crippen LogP contribution in [0.15, 0.2) is 97.6 Å². The molecule has 0 radical (unpaired) electrons. The first-order valence-electron chi connectivity index (χ1n) is 9.58. The monoisotopic (exact) mass is 396 g/mol. The maximum Gasteiger partial charge on any atom is 0.245 e. The molecule has 6 nitrogen and oxygen atoms in total. The molecule has 0 fully saturated rings. The lowest BCUT2D eigenvalue weighted by Crippen LogP contribution is -2.37. The van der Waals surface area contributed by atoms with Crippen molar-refractivity contribution in [2.24, 2.45) is 0 Å². The van der Waals surface area contributed by atoms with Gasteiger partial charge in [-0.2, -0.15) is 9.13 Å². The summed E-state index contributed by atoms with van der Waals surface area (Å²) in [5.74, 6) is -0.193. The van der Waals surface area contributed by atoms with Crippen LogP contribution in [0.3, 0.4) is 0 Å². The molecular formula is C24H20N4O2+2. The van der Waals surface area contributed by atoms with E-state index in [1.807, 2.05) is 61.2 Å². The Kier molecular flexibility index (Phi) is 5.75. The highest BCUT2D eigenvalue weighted by molar-refractivity contribution is 5.94. The summed E-state index contributed by atoms with van der Waals surface area (Å²) in [7, 11) is 0. The van der Waals surface area contributed by atoms with Crippen molar-refractivity contribution in [1.82, 2.24) is 9.97 Å². The maximum atomic E-state index is 12.6. The molecule has 4 aromatic rings. The third-order valence-electron chi connectivity index (χ3n) is 4.54. The van der Waals surface area contributed by atoms with E-state index in [0.29, 0.717) is 22.8 Å². The average Bonchev–Trinajstić information content (AvgIpc) is 2.80. The summed E-state index contributed by atoms with van der Waals surface area (Å²) in [6, 6.07) is 21.8. The van der Waals surface area contributed by atoms with E-state index in [0.717, 1.165) is 0 Å². The van der Waals surface area contributed by atoms with Gasteiger partial charge in [0.1, 0.15) is 11.4 Å². The summed E-state index contributed by atoms with van der Waals surface area (Å²) in [5.41, 5.74) is 1.84. The number of aromatic nitrogens is 4. The molecule has 146 valence electrons. The van der Waals surface area contributed by atoms with Crippen LogP contribution in [0.25, 0.3) is 11.4 Å². The Morgan fingerprint density at radius 1 is 0.567 bits per heavy atom. The number of rotatable bonds is 7. The number of hydrogen-bond acceptors (Lipinski definition) is 4. The molecule has 0 aliphatic heterocycles. The number of nitrogens with zero attached hydrogens (tertiary/aromatic N) is 4. The van der Waals surface area contributed by atoms with Crippen LogP contribution >= 0.6 is 0 Å². The van der Waals surface area contributed by atoms with E-state index >= 15 is 0 Å². The van der Waals surface area contributed by atoms with E-state index in [4.69, 9.17) is 0 Å². The van der Waals surface area contributed by atoms with Crippen LogP contribution in [-0.2, 0) is 13.1 Å². The topological polar surface area (TPSA) is 67.7 Å². The van der Waals surface area contributed by atoms with Crippen molar-refractivity contribution in [3.8, 4) is 11.4 Å². The highest BCUT2D eigenvalue weighted by Gasteiger charge is 2.17. The van der Waals surface area contributed by atoms with E-state index in [1.165, 1.54) is 0 Å². The third-order valence-corrected chi connectivity index (χ3v) is 4.54. The Hall–Kier alpha value is -4.06. The minimum Gasteiger partial charge on any atom is -0.285 e. The molecule has 0 aliphatic carbocycles. The first-order chi connectivity index (χ1) is 14.7. The SMILES string of the molecule is O=C(C[n+]1ccccc1)c1cccc(-c2cccc(C(=O)C[n+]3ccccc3)n2)n1. The molecule has 0 saturated heterocycles. The normalized spacial score (nSPS) is 10.5. The summed E-state index contributed by atoms with van der Waals surface area (Å²) >= 11 is 0. The van der Waals surface area contributed by atoms with Gasteiger partial charge in [-0.05, 0) is 24.3 Å². The van der Waals surface area contributed by atoms with Gasteiger partial charge in [-0.3, -0.25) is 9.59 Å². The van der Waals surface area contributed by atoms with Crippen molar-refractivity contribution in [1.29, 1.82) is 0 Å². The Morgan fingerprint density at radius 3 is 1.37 bits per heavy atom. The van der Waals surface area contributed by atoms with E-state index in [9.17, 15) is 9.59 Å². The second-order valence-electron chi connectivity index (χ2n) is 6.76. The van der Waals surface area contributed by atoms with E-state index < -0.39 is 0 Å². The van der Waals surface area contributed by atoms with Crippen LogP contribution in [0.1, 0.15) is 21.0 Å². The fourth-order valence-electron chi connectivity index (χ4n) is 3.04. The molecule has 0 N–H and O–H groups in total. The average molecular weight is 396 g/mol. The van der Waals surface area contributed by atoms with Gasteiger partial charge in [0.15, 0.2) is 24.8 Å². The van der Waals surface area contributed by atoms with Crippen molar-refractivity contribution in [2.45, 2.75) is 13.1 Å². The van der Waals surface area contributed by atoms with Gasteiger partial charge < -0.3 is 0 Å². The Morgan fingerprint density at radius 2 is 0.967 bits per heavy atom. The fourth-order valence-corrected chi connectivity index (χ4v) is 3.04. The molecule has 4 heterocycles. The predicted octanol–water partition coefficient (Wildman–Crippen LogP) is 2.48. The zero-order valence-electron chi connectivity index (χ0n) is 16.3. The quantitative estimate of drug-likeness (QED) is 0.356. The van der Waals surface area contributed by atoms with E-state index in [-0.39, 0.29) is 24.7 Å². The molecule has 30 heavy (non-hydrogen) atoms. The maximum absolute atomic E-state index is 12.6. The number of carbonyl (C=O) groups is 2. The minimum absolute atomic E-state index is 0.0965. The predicted molar refractivity (Wildman–Crippen MR) is 109 cm³/mol. The molecule has 0 saturated carbocycles. The number of ketones is 2. The zero-order valence-corrected chi connectivity index (χ0v) is 16.3. The standard InChI is InChI=1S/C24H20N4O2/c29-23(17-27-13-3-1-4-14-27)21-11-7-9-19(25-21)20-10-8-12-22(26-20)24(30)18-28-15-5-2-6-16-28/h1-16H,17-18H2/q+2. The molecule has 4 aromatic heterocycles. The zero-order chi connectivity index (χ0) is 20.8. The van der Waals surface area contributed by atoms with Crippen molar-refractivity contribution < 1.29 is 18.7 Å². The lowest BCUT2D eigenvalue weighted by atomic mass is 10.1. The van der Waals surface area contributed by atoms with Gasteiger partial charge in [-0.25, -0.2) is 9.97 Å². The van der Waals surface area contributed by atoms with Crippen molar-refractivity contribution in [3.63, 3.8) is 0 Å². The lowest BCUT2D eigenvalue weighted by molar-refractivity contribution is -0.683. The molecule has 0 amide bonds. The molecule has 0 aliphatic rings. The van der Waals surface area contributed by atoms with Crippen LogP contribution in [0, 0.1) is 0 Å². The number of hydrogen-bond donors (Lipinski definition) is 0. The minimum atomic E-state index is -0.0965. The third kappa shape index (κ3) is 4.67. The van der Waals surface area contributed by atoms with Crippen molar-refractivity contribution in [2.75, 3.05) is 0 Å². The smallest absolute Gasteiger partial charge is 0.245 e. The second-order valence-corrected chi connectivity index (χ2v) is 6.76. The second kappa shape index (κ2) is 8.96. The molecule has 0 unspecified atom stereocenters. The van der Waals surface area contributed by atoms with Crippen LogP contribution in [0.5, 0.6) is 0 Å². The number of carbonyl (C=O) groups excluding carboxylic acids is 2. The van der Waals surface area contributed by atoms with Crippen LogP contribution < -0.4 is 9.13 Å². The number of pyridine rings is 4. The highest BCUT2D eigenvalue weighted by atomic mass is 16.1. The Bertz CT molecular complexity index is 1080. The first kappa shape index (κ1) is 19.3. The molecule has 0 aromatic carbocycles. The lowest BCUT2D eigenvalue weighted by Gasteiger charge is -2.04.